The predicted octanol–water partition coefficient (Wildman–Crippen LogP) is 3.95. The van der Waals surface area contributed by atoms with Gasteiger partial charge in [-0.3, -0.25) is 4.79 Å². The molecule has 4 aromatic rings. The zero-order valence-corrected chi connectivity index (χ0v) is 17.9. The molecular weight excluding hydrogens is 398 g/mol. The maximum absolute atomic E-state index is 12.9. The Hall–Kier alpha value is -3.63. The Morgan fingerprint density at radius 1 is 0.844 bits per heavy atom. The topological polar surface area (TPSA) is 43.9 Å². The van der Waals surface area contributed by atoms with Crippen LogP contribution >= 0.6 is 0 Å². The number of ether oxygens (including phenoxy) is 1. The van der Waals surface area contributed by atoms with Gasteiger partial charge in [-0.05, 0) is 16.7 Å². The SMILES string of the molecule is O=c1cc(C[NH+]2CCc3ccccc3C2)occ1OC(c1ccccc1)c1ccccc1. The summed E-state index contributed by atoms with van der Waals surface area (Å²) in [4.78, 5) is 14.3. The second-order valence-electron chi connectivity index (χ2n) is 8.27. The molecule has 1 aliphatic rings. The summed E-state index contributed by atoms with van der Waals surface area (Å²) in [6.45, 7) is 2.66. The second kappa shape index (κ2) is 9.25. The van der Waals surface area contributed by atoms with E-state index in [-0.39, 0.29) is 17.3 Å². The number of quaternary nitrogens is 1. The van der Waals surface area contributed by atoms with E-state index in [9.17, 15) is 4.79 Å². The number of nitrogens with one attached hydrogen (secondary N) is 1. The highest BCUT2D eigenvalue weighted by Gasteiger charge is 2.22. The highest BCUT2D eigenvalue weighted by molar-refractivity contribution is 5.32. The quantitative estimate of drug-likeness (QED) is 0.510. The second-order valence-corrected chi connectivity index (χ2v) is 8.27. The van der Waals surface area contributed by atoms with Crippen LogP contribution < -0.4 is 15.1 Å². The lowest BCUT2D eigenvalue weighted by molar-refractivity contribution is -0.930. The van der Waals surface area contributed by atoms with Crippen LogP contribution in [0.25, 0.3) is 0 Å². The molecule has 32 heavy (non-hydrogen) atoms. The lowest BCUT2D eigenvalue weighted by atomic mass is 10.00. The Morgan fingerprint density at radius 3 is 2.12 bits per heavy atom. The predicted molar refractivity (Wildman–Crippen MR) is 124 cm³/mol. The van der Waals surface area contributed by atoms with E-state index in [0.29, 0.717) is 12.3 Å². The van der Waals surface area contributed by atoms with Crippen molar-refractivity contribution in [2.24, 2.45) is 0 Å². The third-order valence-electron chi connectivity index (χ3n) is 6.03. The molecule has 0 radical (unpaired) electrons. The molecule has 0 saturated carbocycles. The Labute approximate surface area is 187 Å². The van der Waals surface area contributed by atoms with Gasteiger partial charge in [0.25, 0.3) is 0 Å². The van der Waals surface area contributed by atoms with Crippen LogP contribution in [0.3, 0.4) is 0 Å². The van der Waals surface area contributed by atoms with E-state index >= 15 is 0 Å². The van der Waals surface area contributed by atoms with Gasteiger partial charge in [0, 0.05) is 18.1 Å². The smallest absolute Gasteiger partial charge is 0.227 e. The summed E-state index contributed by atoms with van der Waals surface area (Å²) in [5.74, 6) is 0.915. The molecule has 1 N–H and O–H groups in total. The third kappa shape index (κ3) is 4.51. The average molecular weight is 425 g/mol. The first-order valence-corrected chi connectivity index (χ1v) is 11.0. The summed E-state index contributed by atoms with van der Waals surface area (Å²) in [5, 5.41) is 0. The molecule has 4 nitrogen and oxygen atoms in total. The number of hydrogen-bond donors (Lipinski definition) is 1. The van der Waals surface area contributed by atoms with E-state index in [1.165, 1.54) is 22.3 Å². The van der Waals surface area contributed by atoms with E-state index in [2.05, 4.69) is 24.3 Å². The van der Waals surface area contributed by atoms with Crippen LogP contribution in [0, 0.1) is 0 Å². The summed E-state index contributed by atoms with van der Waals surface area (Å²) in [6, 6.07) is 30.0. The maximum Gasteiger partial charge on any atom is 0.227 e. The van der Waals surface area contributed by atoms with Gasteiger partial charge >= 0.3 is 0 Å². The molecule has 160 valence electrons. The van der Waals surface area contributed by atoms with Gasteiger partial charge in [-0.2, -0.15) is 0 Å². The Balaban J connectivity index is 1.34. The minimum atomic E-state index is -0.379. The molecule has 0 aliphatic carbocycles. The number of rotatable bonds is 6. The van der Waals surface area contributed by atoms with Crippen LogP contribution in [0.15, 0.2) is 106 Å². The first-order chi connectivity index (χ1) is 15.8. The maximum atomic E-state index is 12.9. The van der Waals surface area contributed by atoms with Crippen molar-refractivity contribution < 1.29 is 14.1 Å². The Bertz CT molecular complexity index is 1190. The molecule has 0 spiro atoms. The first kappa shape index (κ1) is 20.3. The number of benzene rings is 3. The highest BCUT2D eigenvalue weighted by Crippen LogP contribution is 2.27. The summed E-state index contributed by atoms with van der Waals surface area (Å²) in [6.07, 6.45) is 2.14. The Morgan fingerprint density at radius 2 is 1.47 bits per heavy atom. The molecular formula is C28H26NO3+. The third-order valence-corrected chi connectivity index (χ3v) is 6.03. The zero-order chi connectivity index (χ0) is 21.8. The monoisotopic (exact) mass is 424 g/mol. The molecule has 4 heteroatoms. The average Bonchev–Trinajstić information content (AvgIpc) is 2.85. The van der Waals surface area contributed by atoms with Crippen molar-refractivity contribution in [1.29, 1.82) is 0 Å². The van der Waals surface area contributed by atoms with Crippen LogP contribution in [0.1, 0.15) is 34.1 Å². The van der Waals surface area contributed by atoms with Gasteiger partial charge in [0.05, 0.1) is 6.54 Å². The van der Waals surface area contributed by atoms with Crippen LogP contribution in [0.5, 0.6) is 5.75 Å². The standard InChI is InChI=1S/C28H25NO3/c30-26-17-25(19-29-16-15-21-9-7-8-14-24(21)18-29)31-20-27(26)32-28(22-10-3-1-4-11-22)23-12-5-2-6-13-23/h1-14,17,20,28H,15-16,18-19H2/p+1. The molecule has 0 bridgehead atoms. The minimum Gasteiger partial charge on any atom is -0.474 e. The van der Waals surface area contributed by atoms with Crippen LogP contribution in [-0.2, 0) is 19.5 Å². The normalized spacial score (nSPS) is 15.3. The summed E-state index contributed by atoms with van der Waals surface area (Å²) in [7, 11) is 0. The van der Waals surface area contributed by atoms with Crippen molar-refractivity contribution >= 4 is 0 Å². The summed E-state index contributed by atoms with van der Waals surface area (Å²) in [5.41, 5.74) is 4.62. The molecule has 1 unspecified atom stereocenters. The van der Waals surface area contributed by atoms with E-state index in [1.807, 2.05) is 60.7 Å². The van der Waals surface area contributed by atoms with Gasteiger partial charge in [0.1, 0.15) is 25.5 Å². The van der Waals surface area contributed by atoms with Crippen molar-refractivity contribution in [3.63, 3.8) is 0 Å². The lowest BCUT2D eigenvalue weighted by Gasteiger charge is -2.25. The van der Waals surface area contributed by atoms with Crippen molar-refractivity contribution in [3.8, 4) is 5.75 Å². The minimum absolute atomic E-state index is 0.153. The molecule has 0 amide bonds. The zero-order valence-electron chi connectivity index (χ0n) is 17.9. The van der Waals surface area contributed by atoms with Crippen molar-refractivity contribution in [3.05, 3.63) is 135 Å². The summed E-state index contributed by atoms with van der Waals surface area (Å²) >= 11 is 0. The molecule has 2 heterocycles. The van der Waals surface area contributed by atoms with Gasteiger partial charge in [-0.15, -0.1) is 0 Å². The van der Waals surface area contributed by atoms with Gasteiger partial charge in [0.2, 0.25) is 11.2 Å². The number of fused-ring (bicyclic) bond motifs is 1. The van der Waals surface area contributed by atoms with Crippen molar-refractivity contribution in [2.75, 3.05) is 6.54 Å². The molecule has 3 aromatic carbocycles. The van der Waals surface area contributed by atoms with Crippen LogP contribution in [-0.4, -0.2) is 6.54 Å². The van der Waals surface area contributed by atoms with E-state index < -0.39 is 0 Å². The van der Waals surface area contributed by atoms with Crippen LogP contribution in [0.4, 0.5) is 0 Å². The van der Waals surface area contributed by atoms with E-state index in [4.69, 9.17) is 9.15 Å². The summed E-state index contributed by atoms with van der Waals surface area (Å²) < 4.78 is 12.1. The van der Waals surface area contributed by atoms with Crippen molar-refractivity contribution in [1.82, 2.24) is 0 Å². The lowest BCUT2D eigenvalue weighted by Crippen LogP contribution is -3.10. The van der Waals surface area contributed by atoms with E-state index in [0.717, 1.165) is 30.6 Å². The molecule has 1 aliphatic heterocycles. The Kier molecular flexibility index (Phi) is 5.86. The largest absolute Gasteiger partial charge is 0.474 e. The van der Waals surface area contributed by atoms with Gasteiger partial charge < -0.3 is 14.1 Å². The van der Waals surface area contributed by atoms with Gasteiger partial charge in [-0.25, -0.2) is 0 Å². The van der Waals surface area contributed by atoms with Gasteiger partial charge in [0.15, 0.2) is 5.76 Å². The molecule has 1 aromatic heterocycles. The molecule has 0 saturated heterocycles. The molecule has 0 fully saturated rings. The van der Waals surface area contributed by atoms with Crippen LogP contribution in [0.2, 0.25) is 0 Å². The fourth-order valence-corrected chi connectivity index (χ4v) is 4.37. The fourth-order valence-electron chi connectivity index (χ4n) is 4.37. The van der Waals surface area contributed by atoms with Crippen molar-refractivity contribution in [2.45, 2.75) is 25.6 Å². The molecule has 5 rings (SSSR count). The number of hydrogen-bond acceptors (Lipinski definition) is 3. The molecule has 1 atom stereocenters. The fraction of sp³-hybridized carbons (Fsp3) is 0.179. The van der Waals surface area contributed by atoms with E-state index in [1.54, 1.807) is 6.07 Å². The first-order valence-electron chi connectivity index (χ1n) is 11.0. The van der Waals surface area contributed by atoms with Gasteiger partial charge in [-0.1, -0.05) is 84.9 Å². The highest BCUT2D eigenvalue weighted by atomic mass is 16.5.